The highest BCUT2D eigenvalue weighted by Crippen LogP contribution is 2.21. The third kappa shape index (κ3) is 5.63. The molecule has 0 bridgehead atoms. The van der Waals surface area contributed by atoms with E-state index in [0.717, 1.165) is 36.7 Å². The van der Waals surface area contributed by atoms with Crippen molar-refractivity contribution in [2.24, 2.45) is 4.99 Å². The van der Waals surface area contributed by atoms with Crippen LogP contribution in [-0.2, 0) is 4.79 Å². The largest absolute Gasteiger partial charge is 0.497 e. The first-order valence-electron chi connectivity index (χ1n) is 10.3. The van der Waals surface area contributed by atoms with Gasteiger partial charge in [0.15, 0.2) is 23.4 Å². The molecule has 1 saturated heterocycles. The summed E-state index contributed by atoms with van der Waals surface area (Å²) in [6.45, 7) is 5.15. The molecule has 0 aliphatic carbocycles. The molecule has 0 atom stereocenters. The number of benzene rings is 2. The van der Waals surface area contributed by atoms with Gasteiger partial charge in [-0.2, -0.15) is 0 Å². The fourth-order valence-corrected chi connectivity index (χ4v) is 3.35. The maximum Gasteiger partial charge on any atom is 0.246 e. The van der Waals surface area contributed by atoms with Crippen LogP contribution in [0.3, 0.4) is 0 Å². The number of amides is 1. The minimum atomic E-state index is -1.63. The maximum atomic E-state index is 13.8. The van der Waals surface area contributed by atoms with Crippen molar-refractivity contribution in [3.05, 3.63) is 53.8 Å². The van der Waals surface area contributed by atoms with Gasteiger partial charge in [-0.15, -0.1) is 0 Å². The number of nitrogens with one attached hydrogen (secondary N) is 2. The van der Waals surface area contributed by atoms with Gasteiger partial charge in [-0.25, -0.2) is 18.2 Å². The van der Waals surface area contributed by atoms with Gasteiger partial charge in [0.05, 0.1) is 12.8 Å². The van der Waals surface area contributed by atoms with E-state index in [-0.39, 0.29) is 6.54 Å². The Bertz CT molecular complexity index is 961. The minimum Gasteiger partial charge on any atom is -0.497 e. The summed E-state index contributed by atoms with van der Waals surface area (Å²) in [7, 11) is 1.63. The number of hydrogen-bond acceptors (Lipinski definition) is 4. The first-order valence-corrected chi connectivity index (χ1v) is 10.3. The Labute approximate surface area is 184 Å². The van der Waals surface area contributed by atoms with Crippen molar-refractivity contribution in [2.45, 2.75) is 6.92 Å². The zero-order valence-corrected chi connectivity index (χ0v) is 18.0. The van der Waals surface area contributed by atoms with E-state index < -0.39 is 29.0 Å². The lowest BCUT2D eigenvalue weighted by Gasteiger charge is -2.37. The van der Waals surface area contributed by atoms with E-state index in [1.54, 1.807) is 7.11 Å². The van der Waals surface area contributed by atoms with Crippen LogP contribution >= 0.6 is 0 Å². The number of halogens is 3. The second kappa shape index (κ2) is 10.7. The van der Waals surface area contributed by atoms with Crippen LogP contribution in [0.1, 0.15) is 6.92 Å². The summed E-state index contributed by atoms with van der Waals surface area (Å²) in [6.07, 6.45) is 0. The van der Waals surface area contributed by atoms with Crippen molar-refractivity contribution in [1.82, 2.24) is 10.2 Å². The average molecular weight is 449 g/mol. The standard InChI is InChI=1S/C22H26F3N5O2/c1-3-26-22(27-14-19(31)28-18-9-8-17(23)20(24)21(18)25)30-12-10-29(11-13-30)15-4-6-16(32-2)7-5-15/h4-9H,3,10-14H2,1-2H3,(H,26,27)(H,28,31). The van der Waals surface area contributed by atoms with Crippen LogP contribution in [0.25, 0.3) is 0 Å². The van der Waals surface area contributed by atoms with Crippen molar-refractivity contribution in [3.8, 4) is 5.75 Å². The first-order chi connectivity index (χ1) is 15.4. The molecule has 1 heterocycles. The summed E-state index contributed by atoms with van der Waals surface area (Å²) in [6, 6.07) is 9.58. The number of hydrogen-bond donors (Lipinski definition) is 2. The Hall–Kier alpha value is -3.43. The number of guanidine groups is 1. The molecule has 1 aliphatic heterocycles. The summed E-state index contributed by atoms with van der Waals surface area (Å²) in [4.78, 5) is 20.8. The summed E-state index contributed by atoms with van der Waals surface area (Å²) in [5.74, 6) is -3.67. The Morgan fingerprint density at radius 1 is 1.03 bits per heavy atom. The molecule has 0 unspecified atom stereocenters. The van der Waals surface area contributed by atoms with Crippen LogP contribution < -0.4 is 20.3 Å². The van der Waals surface area contributed by atoms with Gasteiger partial charge in [-0.05, 0) is 43.3 Å². The molecular formula is C22H26F3N5O2. The second-order valence-corrected chi connectivity index (χ2v) is 7.11. The molecule has 0 aromatic heterocycles. The Balaban J connectivity index is 1.58. The number of aliphatic imine (C=N–C) groups is 1. The molecule has 0 spiro atoms. The summed E-state index contributed by atoms with van der Waals surface area (Å²) >= 11 is 0. The highest BCUT2D eigenvalue weighted by Gasteiger charge is 2.20. The van der Waals surface area contributed by atoms with E-state index in [1.165, 1.54) is 0 Å². The lowest BCUT2D eigenvalue weighted by atomic mass is 10.2. The number of carbonyl (C=O) groups is 1. The zero-order chi connectivity index (χ0) is 23.1. The van der Waals surface area contributed by atoms with E-state index in [1.807, 2.05) is 36.1 Å². The van der Waals surface area contributed by atoms with Gasteiger partial charge in [-0.3, -0.25) is 4.79 Å². The maximum absolute atomic E-state index is 13.8. The quantitative estimate of drug-likeness (QED) is 0.403. The van der Waals surface area contributed by atoms with E-state index in [2.05, 4.69) is 20.5 Å². The first kappa shape index (κ1) is 23.2. The van der Waals surface area contributed by atoms with E-state index in [9.17, 15) is 18.0 Å². The molecule has 2 aromatic rings. The predicted octanol–water partition coefficient (Wildman–Crippen LogP) is 2.84. The zero-order valence-electron chi connectivity index (χ0n) is 18.0. The number of nitrogens with zero attached hydrogens (tertiary/aromatic N) is 3. The molecule has 2 N–H and O–H groups in total. The Morgan fingerprint density at radius 3 is 2.34 bits per heavy atom. The summed E-state index contributed by atoms with van der Waals surface area (Å²) in [5, 5.41) is 5.37. The number of methoxy groups -OCH3 is 1. The van der Waals surface area contributed by atoms with Crippen LogP contribution in [-0.4, -0.2) is 63.1 Å². The molecule has 10 heteroatoms. The number of anilines is 2. The van der Waals surface area contributed by atoms with Crippen molar-refractivity contribution in [2.75, 3.05) is 56.6 Å². The van der Waals surface area contributed by atoms with Crippen LogP contribution in [0.2, 0.25) is 0 Å². The lowest BCUT2D eigenvalue weighted by molar-refractivity contribution is -0.114. The smallest absolute Gasteiger partial charge is 0.246 e. The van der Waals surface area contributed by atoms with Crippen molar-refractivity contribution < 1.29 is 22.7 Å². The van der Waals surface area contributed by atoms with Gasteiger partial charge in [0.25, 0.3) is 0 Å². The Kier molecular flexibility index (Phi) is 7.80. The highest BCUT2D eigenvalue weighted by atomic mass is 19.2. The molecule has 1 fully saturated rings. The molecule has 1 aliphatic rings. The summed E-state index contributed by atoms with van der Waals surface area (Å²) < 4.78 is 45.3. The third-order valence-corrected chi connectivity index (χ3v) is 5.03. The number of rotatable bonds is 6. The third-order valence-electron chi connectivity index (χ3n) is 5.03. The van der Waals surface area contributed by atoms with Gasteiger partial charge in [0.1, 0.15) is 12.3 Å². The molecule has 32 heavy (non-hydrogen) atoms. The highest BCUT2D eigenvalue weighted by molar-refractivity contribution is 5.94. The van der Waals surface area contributed by atoms with Crippen LogP contribution in [0, 0.1) is 17.5 Å². The fourth-order valence-electron chi connectivity index (χ4n) is 3.35. The van der Waals surface area contributed by atoms with Crippen molar-refractivity contribution >= 4 is 23.2 Å². The second-order valence-electron chi connectivity index (χ2n) is 7.11. The molecule has 3 rings (SSSR count). The van der Waals surface area contributed by atoms with Gasteiger partial charge >= 0.3 is 0 Å². The molecule has 7 nitrogen and oxygen atoms in total. The molecular weight excluding hydrogens is 423 g/mol. The topological polar surface area (TPSA) is 69.2 Å². The average Bonchev–Trinajstić information content (AvgIpc) is 2.82. The fraction of sp³-hybridized carbons (Fsp3) is 0.364. The Morgan fingerprint density at radius 2 is 1.72 bits per heavy atom. The SMILES string of the molecule is CCNC(=NCC(=O)Nc1ccc(F)c(F)c1F)N1CCN(c2ccc(OC)cc2)CC1. The van der Waals surface area contributed by atoms with Crippen molar-refractivity contribution in [1.29, 1.82) is 0 Å². The lowest BCUT2D eigenvalue weighted by Crippen LogP contribution is -2.52. The van der Waals surface area contributed by atoms with E-state index in [4.69, 9.17) is 4.74 Å². The number of piperazine rings is 1. The molecule has 2 aromatic carbocycles. The molecule has 0 saturated carbocycles. The minimum absolute atomic E-state index is 0.292. The van der Waals surface area contributed by atoms with Crippen LogP contribution in [0.15, 0.2) is 41.4 Å². The van der Waals surface area contributed by atoms with Crippen LogP contribution in [0.4, 0.5) is 24.5 Å². The van der Waals surface area contributed by atoms with E-state index >= 15 is 0 Å². The monoisotopic (exact) mass is 449 g/mol. The molecule has 1 amide bonds. The van der Waals surface area contributed by atoms with Gasteiger partial charge in [-0.1, -0.05) is 0 Å². The predicted molar refractivity (Wildman–Crippen MR) is 118 cm³/mol. The molecule has 0 radical (unpaired) electrons. The number of carbonyl (C=O) groups excluding carboxylic acids is 1. The van der Waals surface area contributed by atoms with Crippen LogP contribution in [0.5, 0.6) is 5.75 Å². The number of ether oxygens (including phenoxy) is 1. The van der Waals surface area contributed by atoms with Gasteiger partial charge in [0.2, 0.25) is 5.91 Å². The molecule has 172 valence electrons. The van der Waals surface area contributed by atoms with Crippen molar-refractivity contribution in [3.63, 3.8) is 0 Å². The van der Waals surface area contributed by atoms with E-state index in [0.29, 0.717) is 25.6 Å². The normalized spacial score (nSPS) is 14.3. The van der Waals surface area contributed by atoms with Gasteiger partial charge < -0.3 is 25.2 Å². The van der Waals surface area contributed by atoms with Gasteiger partial charge in [0, 0.05) is 38.4 Å². The summed E-state index contributed by atoms with van der Waals surface area (Å²) in [5.41, 5.74) is 0.669.